The maximum atomic E-state index is 12.8. The molecule has 0 saturated carbocycles. The van der Waals surface area contributed by atoms with E-state index in [-0.39, 0.29) is 29.7 Å². The number of thiazole rings is 1. The SMILES string of the molecule is CCC(=O)NCC1CC(c2ccc(C(=O)c3csc4nccn34)cc2)C(=O)O1. The van der Waals surface area contributed by atoms with Crippen molar-refractivity contribution >= 4 is 34.0 Å². The molecule has 3 aromatic rings. The van der Waals surface area contributed by atoms with Gasteiger partial charge in [0.2, 0.25) is 11.7 Å². The van der Waals surface area contributed by atoms with E-state index in [4.69, 9.17) is 4.74 Å². The van der Waals surface area contributed by atoms with Crippen LogP contribution >= 0.6 is 11.3 Å². The molecule has 0 spiro atoms. The van der Waals surface area contributed by atoms with Crippen LogP contribution in [0.3, 0.4) is 0 Å². The second-order valence-corrected chi connectivity index (χ2v) is 7.49. The molecule has 28 heavy (non-hydrogen) atoms. The lowest BCUT2D eigenvalue weighted by Gasteiger charge is -2.09. The topological polar surface area (TPSA) is 89.8 Å². The fraction of sp³-hybridized carbons (Fsp3) is 0.300. The highest BCUT2D eigenvalue weighted by molar-refractivity contribution is 7.15. The Balaban J connectivity index is 1.46. The van der Waals surface area contributed by atoms with Gasteiger partial charge >= 0.3 is 5.97 Å². The number of amides is 1. The van der Waals surface area contributed by atoms with Crippen molar-refractivity contribution in [3.05, 3.63) is 58.9 Å². The van der Waals surface area contributed by atoms with Crippen molar-refractivity contribution in [1.29, 1.82) is 0 Å². The normalized spacial score (nSPS) is 19.0. The van der Waals surface area contributed by atoms with Crippen LogP contribution in [0.15, 0.2) is 42.0 Å². The fourth-order valence-corrected chi connectivity index (χ4v) is 4.14. The van der Waals surface area contributed by atoms with E-state index in [1.54, 1.807) is 53.4 Å². The first-order valence-corrected chi connectivity index (χ1v) is 9.97. The summed E-state index contributed by atoms with van der Waals surface area (Å²) in [6, 6.07) is 7.06. The highest BCUT2D eigenvalue weighted by atomic mass is 32.1. The summed E-state index contributed by atoms with van der Waals surface area (Å²) in [5.74, 6) is -0.838. The Labute approximate surface area is 165 Å². The number of hydrogen-bond acceptors (Lipinski definition) is 6. The van der Waals surface area contributed by atoms with E-state index in [9.17, 15) is 14.4 Å². The lowest BCUT2D eigenvalue weighted by atomic mass is 9.94. The Morgan fingerprint density at radius 3 is 2.86 bits per heavy atom. The Morgan fingerprint density at radius 1 is 1.32 bits per heavy atom. The van der Waals surface area contributed by atoms with E-state index in [2.05, 4.69) is 10.3 Å². The zero-order valence-electron chi connectivity index (χ0n) is 15.3. The third-order valence-electron chi connectivity index (χ3n) is 4.86. The van der Waals surface area contributed by atoms with Gasteiger partial charge in [0, 0.05) is 36.2 Å². The van der Waals surface area contributed by atoms with Crippen molar-refractivity contribution in [2.24, 2.45) is 0 Å². The highest BCUT2D eigenvalue weighted by Crippen LogP contribution is 2.31. The molecule has 144 valence electrons. The minimum absolute atomic E-state index is 0.0669. The van der Waals surface area contributed by atoms with Crippen LogP contribution in [0.4, 0.5) is 0 Å². The van der Waals surface area contributed by atoms with E-state index in [1.165, 1.54) is 11.3 Å². The second-order valence-electron chi connectivity index (χ2n) is 6.66. The quantitative estimate of drug-likeness (QED) is 0.510. The number of carbonyl (C=O) groups excluding carboxylic acids is 3. The number of nitrogens with one attached hydrogen (secondary N) is 1. The minimum Gasteiger partial charge on any atom is -0.460 e. The first kappa shape index (κ1) is 18.4. The summed E-state index contributed by atoms with van der Waals surface area (Å²) in [7, 11) is 0. The molecule has 1 amide bonds. The van der Waals surface area contributed by atoms with Gasteiger partial charge in [-0.25, -0.2) is 4.98 Å². The maximum Gasteiger partial charge on any atom is 0.313 e. The number of ketones is 1. The molecule has 1 aliphatic heterocycles. The van der Waals surface area contributed by atoms with Gasteiger partial charge in [0.15, 0.2) is 4.96 Å². The average Bonchev–Trinajstić information content (AvgIpc) is 3.41. The highest BCUT2D eigenvalue weighted by Gasteiger charge is 2.35. The predicted molar refractivity (Wildman–Crippen MR) is 103 cm³/mol. The van der Waals surface area contributed by atoms with Crippen molar-refractivity contribution in [3.8, 4) is 0 Å². The van der Waals surface area contributed by atoms with Crippen molar-refractivity contribution in [1.82, 2.24) is 14.7 Å². The number of aromatic nitrogens is 2. The van der Waals surface area contributed by atoms with E-state index < -0.39 is 0 Å². The van der Waals surface area contributed by atoms with Gasteiger partial charge in [-0.2, -0.15) is 0 Å². The molecule has 1 fully saturated rings. The van der Waals surface area contributed by atoms with Crippen molar-refractivity contribution < 1.29 is 19.1 Å². The number of imidazole rings is 1. The smallest absolute Gasteiger partial charge is 0.313 e. The van der Waals surface area contributed by atoms with Gasteiger partial charge in [0.25, 0.3) is 0 Å². The molecular formula is C20H19N3O4S. The molecule has 2 atom stereocenters. The lowest BCUT2D eigenvalue weighted by Crippen LogP contribution is -2.31. The summed E-state index contributed by atoms with van der Waals surface area (Å²) in [5, 5.41) is 4.55. The molecule has 7 nitrogen and oxygen atoms in total. The molecule has 3 heterocycles. The molecule has 0 bridgehead atoms. The van der Waals surface area contributed by atoms with E-state index in [0.29, 0.717) is 30.6 Å². The average molecular weight is 397 g/mol. The Kier molecular flexibility index (Phi) is 4.95. The van der Waals surface area contributed by atoms with E-state index in [0.717, 1.165) is 10.5 Å². The third kappa shape index (κ3) is 3.43. The molecule has 0 aliphatic carbocycles. The Bertz CT molecular complexity index is 1040. The molecule has 1 saturated heterocycles. The summed E-state index contributed by atoms with van der Waals surface area (Å²) in [5.41, 5.74) is 1.93. The number of hydrogen-bond donors (Lipinski definition) is 1. The standard InChI is InChI=1S/C20H19N3O4S/c1-2-17(24)22-10-14-9-15(19(26)27-14)12-3-5-13(6-4-12)18(25)16-11-28-20-21-7-8-23(16)20/h3-8,11,14-15H,2,9-10H2,1H3,(H,22,24). The van der Waals surface area contributed by atoms with Gasteiger partial charge in [-0.05, 0) is 5.56 Å². The maximum absolute atomic E-state index is 12.8. The summed E-state index contributed by atoms with van der Waals surface area (Å²) >= 11 is 1.42. The summed E-state index contributed by atoms with van der Waals surface area (Å²) < 4.78 is 7.14. The first-order chi connectivity index (χ1) is 13.6. The van der Waals surface area contributed by atoms with E-state index in [1.807, 2.05) is 0 Å². The monoisotopic (exact) mass is 397 g/mol. The van der Waals surface area contributed by atoms with Crippen LogP contribution in [0, 0.1) is 0 Å². The van der Waals surface area contributed by atoms with Crippen molar-refractivity contribution in [3.63, 3.8) is 0 Å². The molecule has 8 heteroatoms. The predicted octanol–water partition coefficient (Wildman–Crippen LogP) is 2.55. The molecule has 2 aromatic heterocycles. The van der Waals surface area contributed by atoms with Crippen LogP contribution in [-0.4, -0.2) is 39.7 Å². The molecule has 4 rings (SSSR count). The summed E-state index contributed by atoms with van der Waals surface area (Å²) in [6.07, 6.45) is 4.01. The van der Waals surface area contributed by atoms with Crippen LogP contribution in [0.5, 0.6) is 0 Å². The Morgan fingerprint density at radius 2 is 2.11 bits per heavy atom. The van der Waals surface area contributed by atoms with Crippen LogP contribution in [-0.2, 0) is 14.3 Å². The van der Waals surface area contributed by atoms with Crippen LogP contribution < -0.4 is 5.32 Å². The van der Waals surface area contributed by atoms with Gasteiger partial charge in [-0.3, -0.25) is 18.8 Å². The third-order valence-corrected chi connectivity index (χ3v) is 5.72. The molecule has 2 unspecified atom stereocenters. The number of cyclic esters (lactones) is 1. The number of ether oxygens (including phenoxy) is 1. The van der Waals surface area contributed by atoms with Crippen LogP contribution in [0.2, 0.25) is 0 Å². The molecule has 1 aliphatic rings. The number of benzene rings is 1. The minimum atomic E-state index is -0.380. The zero-order chi connectivity index (χ0) is 19.7. The summed E-state index contributed by atoms with van der Waals surface area (Å²) in [4.78, 5) is 41.3. The van der Waals surface area contributed by atoms with Crippen molar-refractivity contribution in [2.45, 2.75) is 31.8 Å². The molecule has 1 N–H and O–H groups in total. The van der Waals surface area contributed by atoms with Crippen LogP contribution in [0.1, 0.15) is 47.3 Å². The number of rotatable bonds is 6. The number of nitrogens with zero attached hydrogens (tertiary/aromatic N) is 2. The fourth-order valence-electron chi connectivity index (χ4n) is 3.31. The lowest BCUT2D eigenvalue weighted by molar-refractivity contribution is -0.142. The second kappa shape index (κ2) is 7.55. The van der Waals surface area contributed by atoms with Gasteiger partial charge in [0.05, 0.1) is 12.5 Å². The number of esters is 1. The van der Waals surface area contributed by atoms with Gasteiger partial charge in [-0.15, -0.1) is 11.3 Å². The van der Waals surface area contributed by atoms with Gasteiger partial charge < -0.3 is 10.1 Å². The Hall–Kier alpha value is -3.00. The van der Waals surface area contributed by atoms with Crippen molar-refractivity contribution in [2.75, 3.05) is 6.54 Å². The van der Waals surface area contributed by atoms with Crippen LogP contribution in [0.25, 0.3) is 4.96 Å². The van der Waals surface area contributed by atoms with Gasteiger partial charge in [0.1, 0.15) is 11.8 Å². The van der Waals surface area contributed by atoms with Gasteiger partial charge in [-0.1, -0.05) is 31.2 Å². The molecule has 1 aromatic carbocycles. The zero-order valence-corrected chi connectivity index (χ0v) is 16.1. The molecule has 0 radical (unpaired) electrons. The number of carbonyl (C=O) groups is 3. The molecular weight excluding hydrogens is 378 g/mol. The summed E-state index contributed by atoms with van der Waals surface area (Å²) in [6.45, 7) is 2.10. The number of fused-ring (bicyclic) bond motifs is 1. The van der Waals surface area contributed by atoms with E-state index >= 15 is 0 Å². The first-order valence-electron chi connectivity index (χ1n) is 9.09. The largest absolute Gasteiger partial charge is 0.460 e.